The van der Waals surface area contributed by atoms with Crippen LogP contribution in [0.1, 0.15) is 35.7 Å². The summed E-state index contributed by atoms with van der Waals surface area (Å²) in [5, 5.41) is 3.31. The number of nitrogens with one attached hydrogen (secondary N) is 1. The van der Waals surface area contributed by atoms with E-state index in [1.807, 2.05) is 60.7 Å². The molecule has 1 amide bonds. The number of amides is 1. The van der Waals surface area contributed by atoms with Gasteiger partial charge < -0.3 is 10.1 Å². The highest BCUT2D eigenvalue weighted by atomic mass is 16.5. The summed E-state index contributed by atoms with van der Waals surface area (Å²) in [5.41, 5.74) is 3.14. The van der Waals surface area contributed by atoms with Gasteiger partial charge in [-0.15, -0.1) is 0 Å². The molecule has 5 nitrogen and oxygen atoms in total. The number of hydrogen-bond acceptors (Lipinski definition) is 4. The van der Waals surface area contributed by atoms with Gasteiger partial charge in [-0.05, 0) is 49.1 Å². The number of ether oxygens (including phenoxy) is 1. The summed E-state index contributed by atoms with van der Waals surface area (Å²) >= 11 is 0. The zero-order chi connectivity index (χ0) is 22.2. The van der Waals surface area contributed by atoms with Gasteiger partial charge in [-0.1, -0.05) is 54.6 Å². The molecule has 2 aromatic carbocycles. The fourth-order valence-electron chi connectivity index (χ4n) is 4.58. The van der Waals surface area contributed by atoms with E-state index in [1.54, 1.807) is 13.3 Å². The summed E-state index contributed by atoms with van der Waals surface area (Å²) in [6.45, 7) is 2.79. The van der Waals surface area contributed by atoms with Crippen molar-refractivity contribution in [2.24, 2.45) is 5.92 Å². The lowest BCUT2D eigenvalue weighted by molar-refractivity contribution is -0.121. The second-order valence-electron chi connectivity index (χ2n) is 8.41. The van der Waals surface area contributed by atoms with Gasteiger partial charge in [-0.25, -0.2) is 0 Å². The summed E-state index contributed by atoms with van der Waals surface area (Å²) < 4.78 is 5.55. The minimum absolute atomic E-state index is 0.0358. The van der Waals surface area contributed by atoms with Crippen LogP contribution in [0, 0.1) is 5.92 Å². The maximum atomic E-state index is 12.9. The third kappa shape index (κ3) is 5.74. The molecule has 2 heterocycles. The van der Waals surface area contributed by atoms with Gasteiger partial charge in [0.05, 0.1) is 25.3 Å². The number of benzene rings is 2. The highest BCUT2D eigenvalue weighted by Crippen LogP contribution is 2.31. The Labute approximate surface area is 190 Å². The molecule has 1 aliphatic rings. The zero-order valence-electron chi connectivity index (χ0n) is 18.6. The molecule has 0 spiro atoms. The standard InChI is InChI=1S/C27H31N3O2/c1-32-25-15-6-5-12-22(25)19-30-17-9-13-23(20-30)27(24-14-7-8-16-28-24)29-26(31)18-21-10-3-2-4-11-21/h2-8,10-12,14-16,23,27H,9,13,17-20H2,1H3,(H,29,31)/t23-,27+/m0/s1. The highest BCUT2D eigenvalue weighted by Gasteiger charge is 2.30. The highest BCUT2D eigenvalue weighted by molar-refractivity contribution is 5.79. The number of piperidine rings is 1. The van der Waals surface area contributed by atoms with Crippen LogP contribution in [0.3, 0.4) is 0 Å². The first-order valence-corrected chi connectivity index (χ1v) is 11.3. The van der Waals surface area contributed by atoms with E-state index in [2.05, 4.69) is 27.3 Å². The van der Waals surface area contributed by atoms with E-state index >= 15 is 0 Å². The van der Waals surface area contributed by atoms with Crippen LogP contribution in [0.15, 0.2) is 79.0 Å². The summed E-state index contributed by atoms with van der Waals surface area (Å²) in [4.78, 5) is 20.0. The minimum atomic E-state index is -0.104. The Morgan fingerprint density at radius 3 is 2.66 bits per heavy atom. The van der Waals surface area contributed by atoms with Crippen LogP contribution in [-0.4, -0.2) is 36.0 Å². The average molecular weight is 430 g/mol. The second-order valence-corrected chi connectivity index (χ2v) is 8.41. The molecule has 2 atom stereocenters. The second kappa shape index (κ2) is 10.9. The molecule has 0 unspecified atom stereocenters. The SMILES string of the molecule is COc1ccccc1CN1CCC[C@H]([C@@H](NC(=O)Cc2ccccc2)c2ccccn2)C1. The lowest BCUT2D eigenvalue weighted by Crippen LogP contribution is -2.43. The number of likely N-dealkylation sites (tertiary alicyclic amines) is 1. The third-order valence-corrected chi connectivity index (χ3v) is 6.13. The molecule has 4 rings (SSSR count). The van der Waals surface area contributed by atoms with Crippen LogP contribution < -0.4 is 10.1 Å². The quantitative estimate of drug-likeness (QED) is 0.577. The number of rotatable bonds is 8. The van der Waals surface area contributed by atoms with E-state index in [4.69, 9.17) is 4.74 Å². The van der Waals surface area contributed by atoms with Crippen molar-refractivity contribution in [1.82, 2.24) is 15.2 Å². The number of nitrogens with zero attached hydrogens (tertiary/aromatic N) is 2. The van der Waals surface area contributed by atoms with Gasteiger partial charge in [0.15, 0.2) is 0 Å². The van der Waals surface area contributed by atoms with E-state index in [-0.39, 0.29) is 11.9 Å². The maximum absolute atomic E-state index is 12.9. The lowest BCUT2D eigenvalue weighted by atomic mass is 9.88. The van der Waals surface area contributed by atoms with Gasteiger partial charge in [-0.2, -0.15) is 0 Å². The Kier molecular flexibility index (Phi) is 7.51. The van der Waals surface area contributed by atoms with Gasteiger partial charge in [0, 0.05) is 24.8 Å². The molecule has 1 fully saturated rings. The summed E-state index contributed by atoms with van der Waals surface area (Å²) in [7, 11) is 1.72. The molecule has 3 aromatic rings. The van der Waals surface area contributed by atoms with E-state index < -0.39 is 0 Å². The molecule has 1 aliphatic heterocycles. The molecule has 1 N–H and O–H groups in total. The van der Waals surface area contributed by atoms with Crippen molar-refractivity contribution in [3.63, 3.8) is 0 Å². The van der Waals surface area contributed by atoms with Crippen molar-refractivity contribution in [3.05, 3.63) is 95.8 Å². The molecule has 0 aliphatic carbocycles. The van der Waals surface area contributed by atoms with E-state index in [1.165, 1.54) is 5.56 Å². The Hall–Kier alpha value is -3.18. The smallest absolute Gasteiger partial charge is 0.224 e. The Morgan fingerprint density at radius 1 is 1.09 bits per heavy atom. The first-order chi connectivity index (χ1) is 15.7. The van der Waals surface area contributed by atoms with E-state index in [9.17, 15) is 4.79 Å². The van der Waals surface area contributed by atoms with Gasteiger partial charge in [0.2, 0.25) is 5.91 Å². The van der Waals surface area contributed by atoms with Gasteiger partial charge in [0.1, 0.15) is 5.75 Å². The molecular formula is C27H31N3O2. The van der Waals surface area contributed by atoms with Gasteiger partial charge >= 0.3 is 0 Å². The predicted molar refractivity (Wildman–Crippen MR) is 126 cm³/mol. The van der Waals surface area contributed by atoms with Crippen molar-refractivity contribution in [1.29, 1.82) is 0 Å². The van der Waals surface area contributed by atoms with Crippen molar-refractivity contribution in [3.8, 4) is 5.75 Å². The summed E-state index contributed by atoms with van der Waals surface area (Å²) in [6, 6.07) is 23.9. The fourth-order valence-corrected chi connectivity index (χ4v) is 4.58. The van der Waals surface area contributed by atoms with Crippen LogP contribution in [0.4, 0.5) is 0 Å². The Balaban J connectivity index is 1.48. The molecule has 32 heavy (non-hydrogen) atoms. The predicted octanol–water partition coefficient (Wildman–Crippen LogP) is 4.40. The largest absolute Gasteiger partial charge is 0.496 e. The number of methoxy groups -OCH3 is 1. The number of carbonyl (C=O) groups is 1. The molecule has 166 valence electrons. The van der Waals surface area contributed by atoms with Crippen LogP contribution >= 0.6 is 0 Å². The normalized spacial score (nSPS) is 17.5. The Bertz CT molecular complexity index is 994. The van der Waals surface area contributed by atoms with Crippen molar-refractivity contribution in [2.75, 3.05) is 20.2 Å². The first kappa shape index (κ1) is 22.0. The van der Waals surface area contributed by atoms with Crippen molar-refractivity contribution in [2.45, 2.75) is 31.8 Å². The van der Waals surface area contributed by atoms with E-state index in [0.29, 0.717) is 12.3 Å². The average Bonchev–Trinajstić information content (AvgIpc) is 2.84. The van der Waals surface area contributed by atoms with Crippen LogP contribution in [0.5, 0.6) is 5.75 Å². The van der Waals surface area contributed by atoms with Gasteiger partial charge in [-0.3, -0.25) is 14.7 Å². The van der Waals surface area contributed by atoms with Crippen molar-refractivity contribution < 1.29 is 9.53 Å². The first-order valence-electron chi connectivity index (χ1n) is 11.3. The molecule has 1 saturated heterocycles. The third-order valence-electron chi connectivity index (χ3n) is 6.13. The molecule has 0 radical (unpaired) electrons. The number of carbonyl (C=O) groups excluding carboxylic acids is 1. The number of hydrogen-bond donors (Lipinski definition) is 1. The monoisotopic (exact) mass is 429 g/mol. The lowest BCUT2D eigenvalue weighted by Gasteiger charge is -2.37. The minimum Gasteiger partial charge on any atom is -0.496 e. The van der Waals surface area contributed by atoms with Gasteiger partial charge in [0.25, 0.3) is 0 Å². The van der Waals surface area contributed by atoms with Crippen molar-refractivity contribution >= 4 is 5.91 Å². The van der Waals surface area contributed by atoms with Crippen LogP contribution in [0.25, 0.3) is 0 Å². The Morgan fingerprint density at radius 2 is 1.88 bits per heavy atom. The number of pyridine rings is 1. The zero-order valence-corrected chi connectivity index (χ0v) is 18.6. The summed E-state index contributed by atoms with van der Waals surface area (Å²) in [6.07, 6.45) is 4.34. The van der Waals surface area contributed by atoms with E-state index in [0.717, 1.165) is 49.5 Å². The molecule has 0 saturated carbocycles. The fraction of sp³-hybridized carbons (Fsp3) is 0.333. The maximum Gasteiger partial charge on any atom is 0.224 e. The molecular weight excluding hydrogens is 398 g/mol. The summed E-state index contributed by atoms with van der Waals surface area (Å²) in [5.74, 6) is 1.26. The van der Waals surface area contributed by atoms with Crippen LogP contribution in [0.2, 0.25) is 0 Å². The topological polar surface area (TPSA) is 54.5 Å². The molecule has 5 heteroatoms. The number of aromatic nitrogens is 1. The molecule has 0 bridgehead atoms. The molecule has 1 aromatic heterocycles. The number of para-hydroxylation sites is 1. The van der Waals surface area contributed by atoms with Crippen LogP contribution in [-0.2, 0) is 17.8 Å².